The molecule has 0 unspecified atom stereocenters. The van der Waals surface area contributed by atoms with Crippen molar-refractivity contribution in [3.05, 3.63) is 41.4 Å². The molecule has 0 aliphatic carbocycles. The molecule has 0 atom stereocenters. The number of hydrogen-bond acceptors (Lipinski definition) is 2. The minimum absolute atomic E-state index is 0. The van der Waals surface area contributed by atoms with Crippen LogP contribution in [-0.4, -0.2) is 44.3 Å². The predicted molar refractivity (Wildman–Crippen MR) is 54.5 cm³/mol. The van der Waals surface area contributed by atoms with E-state index in [1.165, 1.54) is 0 Å². The first-order valence-corrected chi connectivity index (χ1v) is 3.96. The molecule has 1 aromatic carbocycles. The second-order valence-electron chi connectivity index (χ2n) is 2.37. The second-order valence-corrected chi connectivity index (χ2v) is 2.75. The van der Waals surface area contributed by atoms with E-state index in [-0.39, 0.29) is 29.6 Å². The molecule has 0 aliphatic rings. The van der Waals surface area contributed by atoms with Gasteiger partial charge in [-0.15, -0.1) is 0 Å². The van der Waals surface area contributed by atoms with Crippen molar-refractivity contribution < 1.29 is 0 Å². The van der Waals surface area contributed by atoms with Gasteiger partial charge in [0.2, 0.25) is 0 Å². The van der Waals surface area contributed by atoms with Crippen LogP contribution in [-0.2, 0) is 0 Å². The Labute approximate surface area is 103 Å². The SMILES string of the molecule is S=c1[nH]ncn1-c1ccccc1.[Na]. The normalized spacial score (nSPS) is 9.23. The van der Waals surface area contributed by atoms with Crippen LogP contribution in [0.4, 0.5) is 0 Å². The summed E-state index contributed by atoms with van der Waals surface area (Å²) in [4.78, 5) is 0. The number of H-pyrrole nitrogens is 1. The molecule has 5 heteroatoms. The van der Waals surface area contributed by atoms with Gasteiger partial charge in [0.1, 0.15) is 6.33 Å². The molecule has 0 bridgehead atoms. The summed E-state index contributed by atoms with van der Waals surface area (Å²) in [5, 5.41) is 6.53. The number of benzene rings is 1. The van der Waals surface area contributed by atoms with Gasteiger partial charge in [-0.3, -0.25) is 9.67 Å². The van der Waals surface area contributed by atoms with Crippen molar-refractivity contribution in [1.29, 1.82) is 0 Å². The van der Waals surface area contributed by atoms with Crippen molar-refractivity contribution in [2.24, 2.45) is 0 Å². The van der Waals surface area contributed by atoms with Gasteiger partial charge >= 0.3 is 0 Å². The van der Waals surface area contributed by atoms with Crippen LogP contribution in [0.25, 0.3) is 5.69 Å². The first-order valence-electron chi connectivity index (χ1n) is 3.55. The first-order chi connectivity index (χ1) is 5.88. The quantitative estimate of drug-likeness (QED) is 0.559. The molecule has 2 aromatic rings. The molecule has 2 rings (SSSR count). The van der Waals surface area contributed by atoms with E-state index >= 15 is 0 Å². The van der Waals surface area contributed by atoms with Crippen LogP contribution in [0.3, 0.4) is 0 Å². The van der Waals surface area contributed by atoms with Crippen molar-refractivity contribution in [1.82, 2.24) is 14.8 Å². The Hall–Kier alpha value is -0.420. The fourth-order valence-corrected chi connectivity index (χ4v) is 1.23. The molecule has 1 N–H and O–H groups in total. The maximum Gasteiger partial charge on any atom is 0.199 e. The van der Waals surface area contributed by atoms with E-state index in [1.54, 1.807) is 6.33 Å². The molecule has 3 nitrogen and oxygen atoms in total. The Bertz CT molecular complexity index is 420. The molecular formula is C8H7N3NaS. The van der Waals surface area contributed by atoms with Crippen LogP contribution in [0.5, 0.6) is 0 Å². The first kappa shape index (κ1) is 10.7. The minimum atomic E-state index is 0. The van der Waals surface area contributed by atoms with Gasteiger partial charge in [0.05, 0.1) is 0 Å². The monoisotopic (exact) mass is 200 g/mol. The zero-order valence-electron chi connectivity index (χ0n) is 7.27. The van der Waals surface area contributed by atoms with Crippen LogP contribution in [0, 0.1) is 4.77 Å². The van der Waals surface area contributed by atoms with Crippen LogP contribution in [0.1, 0.15) is 0 Å². The summed E-state index contributed by atoms with van der Waals surface area (Å²) in [6.45, 7) is 0. The molecule has 0 amide bonds. The number of rotatable bonds is 1. The number of nitrogens with one attached hydrogen (secondary N) is 1. The van der Waals surface area contributed by atoms with Crippen molar-refractivity contribution >= 4 is 41.8 Å². The van der Waals surface area contributed by atoms with Crippen LogP contribution in [0.2, 0.25) is 0 Å². The summed E-state index contributed by atoms with van der Waals surface area (Å²) in [5.41, 5.74) is 1.02. The van der Waals surface area contributed by atoms with Gasteiger partial charge in [-0.2, -0.15) is 5.10 Å². The molecule has 61 valence electrons. The number of hydrogen-bond donors (Lipinski definition) is 1. The van der Waals surface area contributed by atoms with Gasteiger partial charge in [-0.1, -0.05) is 18.2 Å². The van der Waals surface area contributed by atoms with Crippen LogP contribution >= 0.6 is 12.2 Å². The zero-order valence-corrected chi connectivity index (χ0v) is 10.1. The average molecular weight is 200 g/mol. The third-order valence-electron chi connectivity index (χ3n) is 1.59. The number of para-hydroxylation sites is 1. The Kier molecular flexibility index (Phi) is 3.87. The summed E-state index contributed by atoms with van der Waals surface area (Å²) >= 11 is 5.01. The topological polar surface area (TPSA) is 33.6 Å². The second kappa shape index (κ2) is 4.72. The Morgan fingerprint density at radius 2 is 1.92 bits per heavy atom. The maximum atomic E-state index is 5.01. The van der Waals surface area contributed by atoms with E-state index in [9.17, 15) is 0 Å². The van der Waals surface area contributed by atoms with Crippen molar-refractivity contribution in [2.75, 3.05) is 0 Å². The molecule has 0 aliphatic heterocycles. The van der Waals surface area contributed by atoms with Gasteiger partial charge < -0.3 is 0 Å². The van der Waals surface area contributed by atoms with Gasteiger partial charge in [0.15, 0.2) is 4.77 Å². The summed E-state index contributed by atoms with van der Waals surface area (Å²) in [6.07, 6.45) is 1.66. The smallest absolute Gasteiger partial charge is 0.199 e. The fraction of sp³-hybridized carbons (Fsp3) is 0. The third kappa shape index (κ3) is 2.28. The molecule has 1 heterocycles. The Morgan fingerprint density at radius 1 is 1.23 bits per heavy atom. The Morgan fingerprint density at radius 3 is 2.46 bits per heavy atom. The average Bonchev–Trinajstić information content (AvgIpc) is 2.53. The van der Waals surface area contributed by atoms with E-state index in [4.69, 9.17) is 12.2 Å². The molecular weight excluding hydrogens is 193 g/mol. The van der Waals surface area contributed by atoms with Crippen molar-refractivity contribution in [2.45, 2.75) is 0 Å². The third-order valence-corrected chi connectivity index (χ3v) is 1.87. The molecule has 0 saturated heterocycles. The molecule has 0 spiro atoms. The molecule has 0 fully saturated rings. The Balaban J connectivity index is 0.000000845. The summed E-state index contributed by atoms with van der Waals surface area (Å²) in [6, 6.07) is 9.85. The van der Waals surface area contributed by atoms with Crippen LogP contribution in [0.15, 0.2) is 36.7 Å². The summed E-state index contributed by atoms with van der Waals surface area (Å²) in [5.74, 6) is 0. The van der Waals surface area contributed by atoms with E-state index < -0.39 is 0 Å². The molecule has 13 heavy (non-hydrogen) atoms. The number of aromatic nitrogens is 3. The van der Waals surface area contributed by atoms with E-state index in [2.05, 4.69) is 10.2 Å². The number of aromatic amines is 1. The number of nitrogens with zero attached hydrogens (tertiary/aromatic N) is 2. The van der Waals surface area contributed by atoms with Gasteiger partial charge in [-0.05, 0) is 24.4 Å². The van der Waals surface area contributed by atoms with Gasteiger partial charge in [-0.25, -0.2) is 0 Å². The van der Waals surface area contributed by atoms with Crippen LogP contribution < -0.4 is 0 Å². The van der Waals surface area contributed by atoms with E-state index in [0.717, 1.165) is 5.69 Å². The molecule has 1 aromatic heterocycles. The zero-order chi connectivity index (χ0) is 8.39. The maximum absolute atomic E-state index is 5.01. The van der Waals surface area contributed by atoms with Crippen molar-refractivity contribution in [3.8, 4) is 5.69 Å². The molecule has 1 radical (unpaired) electrons. The fourth-order valence-electron chi connectivity index (χ4n) is 1.02. The van der Waals surface area contributed by atoms with E-state index in [1.807, 2.05) is 34.9 Å². The van der Waals surface area contributed by atoms with Gasteiger partial charge in [0.25, 0.3) is 0 Å². The van der Waals surface area contributed by atoms with Crippen molar-refractivity contribution in [3.63, 3.8) is 0 Å². The summed E-state index contributed by atoms with van der Waals surface area (Å²) < 4.78 is 2.43. The van der Waals surface area contributed by atoms with E-state index in [0.29, 0.717) is 4.77 Å². The molecule has 0 saturated carbocycles. The largest absolute Gasteiger partial charge is 0.275 e. The summed E-state index contributed by atoms with van der Waals surface area (Å²) in [7, 11) is 0. The standard InChI is InChI=1S/C8H7N3S.Na/c12-8-10-9-6-11(8)7-4-2-1-3-5-7;/h1-6H,(H,10,12);. The minimum Gasteiger partial charge on any atom is -0.275 e. The predicted octanol–water partition coefficient (Wildman–Crippen LogP) is 1.55. The van der Waals surface area contributed by atoms with Gasteiger partial charge in [0, 0.05) is 35.2 Å².